The van der Waals surface area contributed by atoms with Crippen molar-refractivity contribution in [3.63, 3.8) is 0 Å². The van der Waals surface area contributed by atoms with Gasteiger partial charge in [0.15, 0.2) is 5.58 Å². The fourth-order valence-corrected chi connectivity index (χ4v) is 3.32. The van der Waals surface area contributed by atoms with Crippen molar-refractivity contribution in [2.45, 2.75) is 6.54 Å². The molecular weight excluding hydrogens is 308 g/mol. The number of aromatic nitrogens is 2. The molecule has 2 heterocycles. The molecule has 0 unspecified atom stereocenters. The third kappa shape index (κ3) is 2.41. The third-order valence-corrected chi connectivity index (χ3v) is 4.51. The van der Waals surface area contributed by atoms with E-state index >= 15 is 0 Å². The second-order valence-electron chi connectivity index (χ2n) is 6.16. The minimum atomic E-state index is 0.671. The molecule has 0 saturated heterocycles. The Hall–Kier alpha value is -3.33. The summed E-state index contributed by atoms with van der Waals surface area (Å²) >= 11 is 0. The molecule has 0 aliphatic rings. The molecule has 0 bridgehead atoms. The SMILES string of the molecule is c1ccc(Cn2cc(-c3nc4ccccc4o3)c3ccccc32)cc1. The molecular formula is C22H16N2O. The predicted octanol–water partition coefficient (Wildman–Crippen LogP) is 5.50. The first kappa shape index (κ1) is 14.1. The Morgan fingerprint density at radius 1 is 0.800 bits per heavy atom. The second-order valence-corrected chi connectivity index (χ2v) is 6.16. The molecule has 0 N–H and O–H groups in total. The van der Waals surface area contributed by atoms with Gasteiger partial charge in [-0.2, -0.15) is 0 Å². The van der Waals surface area contributed by atoms with Gasteiger partial charge in [-0.3, -0.25) is 0 Å². The summed E-state index contributed by atoms with van der Waals surface area (Å²) in [4.78, 5) is 4.67. The van der Waals surface area contributed by atoms with Crippen LogP contribution in [-0.2, 0) is 6.54 Å². The first-order valence-electron chi connectivity index (χ1n) is 8.36. The summed E-state index contributed by atoms with van der Waals surface area (Å²) in [7, 11) is 0. The lowest BCUT2D eigenvalue weighted by molar-refractivity contribution is 0.620. The highest BCUT2D eigenvalue weighted by molar-refractivity contribution is 5.95. The Kier molecular flexibility index (Phi) is 3.17. The van der Waals surface area contributed by atoms with E-state index in [9.17, 15) is 0 Å². The van der Waals surface area contributed by atoms with Crippen molar-refractivity contribution < 1.29 is 4.42 Å². The molecule has 0 spiro atoms. The smallest absolute Gasteiger partial charge is 0.229 e. The van der Waals surface area contributed by atoms with Crippen LogP contribution in [0.2, 0.25) is 0 Å². The minimum Gasteiger partial charge on any atom is -0.436 e. The lowest BCUT2D eigenvalue weighted by Crippen LogP contribution is -1.97. The summed E-state index contributed by atoms with van der Waals surface area (Å²) in [6.07, 6.45) is 2.14. The van der Waals surface area contributed by atoms with Gasteiger partial charge in [-0.1, -0.05) is 60.7 Å². The van der Waals surface area contributed by atoms with E-state index in [1.165, 1.54) is 11.1 Å². The van der Waals surface area contributed by atoms with Gasteiger partial charge < -0.3 is 8.98 Å². The Morgan fingerprint density at radius 2 is 1.56 bits per heavy atom. The van der Waals surface area contributed by atoms with E-state index < -0.39 is 0 Å². The first-order chi connectivity index (χ1) is 12.4. The molecule has 5 aromatic rings. The highest BCUT2D eigenvalue weighted by Crippen LogP contribution is 2.32. The van der Waals surface area contributed by atoms with Crippen molar-refractivity contribution in [2.75, 3.05) is 0 Å². The second kappa shape index (κ2) is 5.64. The molecule has 3 aromatic carbocycles. The van der Waals surface area contributed by atoms with Gasteiger partial charge >= 0.3 is 0 Å². The fourth-order valence-electron chi connectivity index (χ4n) is 3.32. The average Bonchev–Trinajstić information content (AvgIpc) is 3.24. The molecule has 0 atom stereocenters. The van der Waals surface area contributed by atoms with Gasteiger partial charge in [0, 0.05) is 23.6 Å². The van der Waals surface area contributed by atoms with E-state index in [0.717, 1.165) is 28.6 Å². The van der Waals surface area contributed by atoms with Gasteiger partial charge in [0.25, 0.3) is 0 Å². The molecule has 0 amide bonds. The summed E-state index contributed by atoms with van der Waals surface area (Å²) in [5.41, 5.74) is 5.19. The van der Waals surface area contributed by atoms with E-state index in [-0.39, 0.29) is 0 Å². The maximum absolute atomic E-state index is 6.00. The molecule has 2 aromatic heterocycles. The van der Waals surface area contributed by atoms with Crippen LogP contribution in [0, 0.1) is 0 Å². The molecule has 3 nitrogen and oxygen atoms in total. The lowest BCUT2D eigenvalue weighted by Gasteiger charge is -2.05. The number of rotatable bonds is 3. The Morgan fingerprint density at radius 3 is 2.44 bits per heavy atom. The Labute approximate surface area is 145 Å². The Balaban J connectivity index is 1.68. The van der Waals surface area contributed by atoms with Crippen molar-refractivity contribution in [3.05, 3.63) is 90.6 Å². The van der Waals surface area contributed by atoms with E-state index in [2.05, 4.69) is 64.3 Å². The van der Waals surface area contributed by atoms with Gasteiger partial charge in [-0.25, -0.2) is 4.98 Å². The predicted molar refractivity (Wildman–Crippen MR) is 100 cm³/mol. The molecule has 0 radical (unpaired) electrons. The van der Waals surface area contributed by atoms with Crippen LogP contribution in [0.1, 0.15) is 5.56 Å². The van der Waals surface area contributed by atoms with Gasteiger partial charge in [0.2, 0.25) is 5.89 Å². The molecule has 0 saturated carbocycles. The average molecular weight is 324 g/mol. The number of oxazole rings is 1. The van der Waals surface area contributed by atoms with Gasteiger partial charge in [0.05, 0.1) is 5.56 Å². The highest BCUT2D eigenvalue weighted by Gasteiger charge is 2.15. The molecule has 120 valence electrons. The lowest BCUT2D eigenvalue weighted by atomic mass is 10.2. The van der Waals surface area contributed by atoms with Crippen LogP contribution in [0.3, 0.4) is 0 Å². The normalized spacial score (nSPS) is 11.4. The van der Waals surface area contributed by atoms with Gasteiger partial charge in [-0.05, 0) is 23.8 Å². The van der Waals surface area contributed by atoms with Crippen molar-refractivity contribution >= 4 is 22.0 Å². The maximum Gasteiger partial charge on any atom is 0.229 e. The largest absolute Gasteiger partial charge is 0.436 e. The van der Waals surface area contributed by atoms with Crippen LogP contribution < -0.4 is 0 Å². The summed E-state index contributed by atoms with van der Waals surface area (Å²) in [6, 6.07) is 26.8. The quantitative estimate of drug-likeness (QED) is 0.439. The number of para-hydroxylation sites is 3. The van der Waals surface area contributed by atoms with Crippen LogP contribution in [0.5, 0.6) is 0 Å². The summed E-state index contributed by atoms with van der Waals surface area (Å²) in [6.45, 7) is 0.821. The number of fused-ring (bicyclic) bond motifs is 2. The van der Waals surface area contributed by atoms with Crippen LogP contribution in [0.15, 0.2) is 89.5 Å². The molecule has 3 heteroatoms. The number of hydrogen-bond donors (Lipinski definition) is 0. The standard InChI is InChI=1S/C22H16N2O/c1-2-8-16(9-3-1)14-24-15-18(17-10-4-6-12-20(17)24)22-23-19-11-5-7-13-21(19)25-22/h1-13,15H,14H2. The zero-order valence-corrected chi connectivity index (χ0v) is 13.6. The molecule has 25 heavy (non-hydrogen) atoms. The minimum absolute atomic E-state index is 0.671. The topological polar surface area (TPSA) is 31.0 Å². The van der Waals surface area contributed by atoms with Crippen molar-refractivity contribution in [1.82, 2.24) is 9.55 Å². The van der Waals surface area contributed by atoms with Crippen LogP contribution in [-0.4, -0.2) is 9.55 Å². The van der Waals surface area contributed by atoms with E-state index in [4.69, 9.17) is 4.42 Å². The molecule has 5 rings (SSSR count). The van der Waals surface area contributed by atoms with Crippen LogP contribution in [0.25, 0.3) is 33.5 Å². The van der Waals surface area contributed by atoms with Crippen molar-refractivity contribution in [1.29, 1.82) is 0 Å². The van der Waals surface area contributed by atoms with E-state index in [1.807, 2.05) is 30.3 Å². The zero-order chi connectivity index (χ0) is 16.6. The molecule has 0 fully saturated rings. The first-order valence-corrected chi connectivity index (χ1v) is 8.36. The highest BCUT2D eigenvalue weighted by atomic mass is 16.3. The summed E-state index contributed by atoms with van der Waals surface area (Å²) in [5.74, 6) is 0.671. The third-order valence-electron chi connectivity index (χ3n) is 4.51. The Bertz CT molecular complexity index is 1140. The van der Waals surface area contributed by atoms with Gasteiger partial charge in [0.1, 0.15) is 5.52 Å². The number of hydrogen-bond acceptors (Lipinski definition) is 2. The molecule has 0 aliphatic carbocycles. The zero-order valence-electron chi connectivity index (χ0n) is 13.6. The number of benzene rings is 3. The summed E-state index contributed by atoms with van der Waals surface area (Å²) < 4.78 is 8.26. The number of nitrogens with zero attached hydrogens (tertiary/aromatic N) is 2. The van der Waals surface area contributed by atoms with Crippen LogP contribution in [0.4, 0.5) is 0 Å². The van der Waals surface area contributed by atoms with Crippen LogP contribution >= 0.6 is 0 Å². The maximum atomic E-state index is 6.00. The van der Waals surface area contributed by atoms with E-state index in [0.29, 0.717) is 5.89 Å². The van der Waals surface area contributed by atoms with Gasteiger partial charge in [-0.15, -0.1) is 0 Å². The van der Waals surface area contributed by atoms with Crippen molar-refractivity contribution in [2.24, 2.45) is 0 Å². The molecule has 0 aliphatic heterocycles. The summed E-state index contributed by atoms with van der Waals surface area (Å²) in [5, 5.41) is 1.16. The fraction of sp³-hybridized carbons (Fsp3) is 0.0455. The van der Waals surface area contributed by atoms with Crippen molar-refractivity contribution in [3.8, 4) is 11.5 Å². The van der Waals surface area contributed by atoms with E-state index in [1.54, 1.807) is 0 Å². The monoisotopic (exact) mass is 324 g/mol.